The second kappa shape index (κ2) is 5.76. The Hall–Kier alpha value is -2.41. The number of carboxylic acid groups (broad SMARTS) is 1. The molecule has 0 aliphatic carbocycles. The van der Waals surface area contributed by atoms with E-state index in [-0.39, 0.29) is 11.6 Å². The van der Waals surface area contributed by atoms with Crippen molar-refractivity contribution in [3.63, 3.8) is 0 Å². The number of hydrogen-bond donors (Lipinski definition) is 1. The van der Waals surface area contributed by atoms with E-state index in [2.05, 4.69) is 9.72 Å². The van der Waals surface area contributed by atoms with Gasteiger partial charge in [-0.15, -0.1) is 0 Å². The van der Waals surface area contributed by atoms with Crippen LogP contribution in [0, 0.1) is 0 Å². The van der Waals surface area contributed by atoms with Crippen molar-refractivity contribution in [2.24, 2.45) is 0 Å². The number of aromatic carboxylic acids is 1. The molecule has 2 aromatic rings. The second-order valence-electron chi connectivity index (χ2n) is 5.17. The van der Waals surface area contributed by atoms with Crippen LogP contribution in [-0.2, 0) is 9.47 Å². The Balaban J connectivity index is 2.14. The monoisotopic (exact) mass is 304 g/mol. The molecule has 0 amide bonds. The number of methoxy groups -OCH3 is 1. The maximum atomic E-state index is 11.6. The highest BCUT2D eigenvalue weighted by Gasteiger charge is 2.25. The molecule has 1 fully saturated rings. The molecule has 7 heteroatoms. The van der Waals surface area contributed by atoms with Crippen LogP contribution in [0.5, 0.6) is 0 Å². The van der Waals surface area contributed by atoms with Crippen molar-refractivity contribution >= 4 is 17.5 Å². The van der Waals surface area contributed by atoms with Gasteiger partial charge in [0.05, 0.1) is 18.2 Å². The maximum Gasteiger partial charge on any atom is 0.356 e. The van der Waals surface area contributed by atoms with Crippen LogP contribution in [0.1, 0.15) is 45.4 Å². The molecule has 1 saturated heterocycles. The van der Waals surface area contributed by atoms with Crippen molar-refractivity contribution in [2.75, 3.05) is 20.3 Å². The Morgan fingerprint density at radius 2 is 2.14 bits per heavy atom. The lowest BCUT2D eigenvalue weighted by Crippen LogP contribution is -2.16. The summed E-state index contributed by atoms with van der Waals surface area (Å²) >= 11 is 0. The quantitative estimate of drug-likeness (QED) is 0.868. The molecule has 0 unspecified atom stereocenters. The molecule has 22 heavy (non-hydrogen) atoms. The molecule has 1 aliphatic rings. The first-order chi connectivity index (χ1) is 10.6. The number of pyridine rings is 1. The highest BCUT2D eigenvalue weighted by atomic mass is 16.5. The van der Waals surface area contributed by atoms with Crippen LogP contribution >= 0.6 is 0 Å². The van der Waals surface area contributed by atoms with Crippen molar-refractivity contribution in [2.45, 2.75) is 18.8 Å². The van der Waals surface area contributed by atoms with Gasteiger partial charge >= 0.3 is 11.9 Å². The lowest BCUT2D eigenvalue weighted by atomic mass is 9.99. The number of esters is 1. The van der Waals surface area contributed by atoms with Gasteiger partial charge in [-0.05, 0) is 25.0 Å². The predicted octanol–water partition coefficient (Wildman–Crippen LogP) is 1.71. The van der Waals surface area contributed by atoms with Crippen molar-refractivity contribution in [1.29, 1.82) is 0 Å². The predicted molar refractivity (Wildman–Crippen MR) is 76.3 cm³/mol. The van der Waals surface area contributed by atoms with Crippen molar-refractivity contribution in [1.82, 2.24) is 9.38 Å². The van der Waals surface area contributed by atoms with Crippen LogP contribution in [0.25, 0.3) is 5.52 Å². The van der Waals surface area contributed by atoms with Gasteiger partial charge in [-0.3, -0.25) is 0 Å². The van der Waals surface area contributed by atoms with Gasteiger partial charge in [0.1, 0.15) is 5.82 Å². The minimum Gasteiger partial charge on any atom is -0.476 e. The minimum atomic E-state index is -1.11. The molecule has 1 N–H and O–H groups in total. The van der Waals surface area contributed by atoms with Crippen molar-refractivity contribution < 1.29 is 24.2 Å². The smallest absolute Gasteiger partial charge is 0.356 e. The molecular weight excluding hydrogens is 288 g/mol. The van der Waals surface area contributed by atoms with Gasteiger partial charge in [0.25, 0.3) is 0 Å². The van der Waals surface area contributed by atoms with E-state index in [1.165, 1.54) is 13.2 Å². The number of carbonyl (C=O) groups excluding carboxylic acids is 1. The van der Waals surface area contributed by atoms with E-state index in [4.69, 9.17) is 4.74 Å². The summed E-state index contributed by atoms with van der Waals surface area (Å²) in [5.41, 5.74) is 0.653. The molecule has 0 atom stereocenters. The Morgan fingerprint density at radius 1 is 1.41 bits per heavy atom. The standard InChI is InChI=1S/C15H16N2O5/c1-21-15(20)10-2-5-17-11(8-10)12(14(18)19)16-13(17)9-3-6-22-7-4-9/h2,5,8-9H,3-4,6-7H2,1H3,(H,18,19). The Kier molecular flexibility index (Phi) is 3.81. The molecule has 0 aromatic carbocycles. The number of rotatable bonds is 3. The van der Waals surface area contributed by atoms with E-state index in [1.54, 1.807) is 16.7 Å². The van der Waals surface area contributed by atoms with E-state index in [1.807, 2.05) is 0 Å². The van der Waals surface area contributed by atoms with Crippen LogP contribution in [0.15, 0.2) is 18.3 Å². The molecule has 3 rings (SSSR count). The topological polar surface area (TPSA) is 90.1 Å². The number of aromatic nitrogens is 2. The van der Waals surface area contributed by atoms with Gasteiger partial charge in [-0.25, -0.2) is 14.6 Å². The van der Waals surface area contributed by atoms with E-state index in [9.17, 15) is 14.7 Å². The molecule has 2 aromatic heterocycles. The molecule has 7 nitrogen and oxygen atoms in total. The molecule has 0 bridgehead atoms. The van der Waals surface area contributed by atoms with Crippen LogP contribution < -0.4 is 0 Å². The number of nitrogens with zero attached hydrogens (tertiary/aromatic N) is 2. The lowest BCUT2D eigenvalue weighted by molar-refractivity contribution is 0.0599. The average molecular weight is 304 g/mol. The summed E-state index contributed by atoms with van der Waals surface area (Å²) in [6.45, 7) is 1.28. The Bertz CT molecular complexity index is 731. The zero-order chi connectivity index (χ0) is 15.7. The Labute approximate surface area is 126 Å². The molecular formula is C15H16N2O5. The van der Waals surface area contributed by atoms with Gasteiger partial charge in [-0.2, -0.15) is 0 Å². The molecule has 1 aliphatic heterocycles. The number of imidazole rings is 1. The number of carbonyl (C=O) groups is 2. The molecule has 3 heterocycles. The van der Waals surface area contributed by atoms with Crippen molar-refractivity contribution in [3.05, 3.63) is 35.4 Å². The molecule has 0 saturated carbocycles. The normalized spacial score (nSPS) is 15.9. The third-order valence-corrected chi connectivity index (χ3v) is 3.88. The van der Waals surface area contributed by atoms with E-state index in [0.29, 0.717) is 30.1 Å². The average Bonchev–Trinajstić information content (AvgIpc) is 2.94. The summed E-state index contributed by atoms with van der Waals surface area (Å²) in [5.74, 6) is -0.768. The minimum absolute atomic E-state index is 0.0488. The van der Waals surface area contributed by atoms with Crippen LogP contribution in [0.2, 0.25) is 0 Å². The summed E-state index contributed by atoms with van der Waals surface area (Å²) in [5, 5.41) is 9.36. The van der Waals surface area contributed by atoms with Crippen LogP contribution in [0.4, 0.5) is 0 Å². The van der Waals surface area contributed by atoms with E-state index >= 15 is 0 Å². The summed E-state index contributed by atoms with van der Waals surface area (Å²) in [7, 11) is 1.29. The summed E-state index contributed by atoms with van der Waals surface area (Å²) in [4.78, 5) is 27.4. The zero-order valence-corrected chi connectivity index (χ0v) is 12.1. The first-order valence-electron chi connectivity index (χ1n) is 7.03. The highest BCUT2D eigenvalue weighted by Crippen LogP contribution is 2.28. The fourth-order valence-electron chi connectivity index (χ4n) is 2.75. The summed E-state index contributed by atoms with van der Waals surface area (Å²) in [6.07, 6.45) is 3.28. The zero-order valence-electron chi connectivity index (χ0n) is 12.1. The number of hydrogen-bond acceptors (Lipinski definition) is 5. The van der Waals surface area contributed by atoms with Gasteiger partial charge in [0.2, 0.25) is 0 Å². The van der Waals surface area contributed by atoms with Crippen molar-refractivity contribution in [3.8, 4) is 0 Å². The first-order valence-corrected chi connectivity index (χ1v) is 7.03. The van der Waals surface area contributed by atoms with Gasteiger partial charge in [0.15, 0.2) is 5.69 Å². The fraction of sp³-hybridized carbons (Fsp3) is 0.400. The van der Waals surface area contributed by atoms with Gasteiger partial charge in [-0.1, -0.05) is 0 Å². The fourth-order valence-corrected chi connectivity index (χ4v) is 2.75. The first kappa shape index (κ1) is 14.5. The maximum absolute atomic E-state index is 11.6. The number of fused-ring (bicyclic) bond motifs is 1. The van der Waals surface area contributed by atoms with Crippen LogP contribution in [-0.4, -0.2) is 46.8 Å². The largest absolute Gasteiger partial charge is 0.476 e. The second-order valence-corrected chi connectivity index (χ2v) is 5.17. The van der Waals surface area contributed by atoms with E-state index in [0.717, 1.165) is 12.8 Å². The lowest BCUT2D eigenvalue weighted by Gasteiger charge is -2.20. The highest BCUT2D eigenvalue weighted by molar-refractivity contribution is 5.97. The third-order valence-electron chi connectivity index (χ3n) is 3.88. The number of carboxylic acids is 1. The van der Waals surface area contributed by atoms with E-state index < -0.39 is 11.9 Å². The number of ether oxygens (including phenoxy) is 2. The molecule has 0 spiro atoms. The molecule has 0 radical (unpaired) electrons. The Morgan fingerprint density at radius 3 is 2.77 bits per heavy atom. The van der Waals surface area contributed by atoms with Gasteiger partial charge < -0.3 is 19.0 Å². The van der Waals surface area contributed by atoms with Gasteiger partial charge in [0, 0.05) is 25.3 Å². The summed E-state index contributed by atoms with van der Waals surface area (Å²) < 4.78 is 11.8. The van der Waals surface area contributed by atoms with Crippen LogP contribution in [0.3, 0.4) is 0 Å². The summed E-state index contributed by atoms with van der Waals surface area (Å²) in [6, 6.07) is 3.11. The SMILES string of the molecule is COC(=O)c1ccn2c(C3CCOCC3)nc(C(=O)O)c2c1. The molecule has 116 valence electrons. The third kappa shape index (κ3) is 2.43.